The van der Waals surface area contributed by atoms with E-state index in [2.05, 4.69) is 25.5 Å². The second-order valence-electron chi connectivity index (χ2n) is 7.61. The quantitative estimate of drug-likeness (QED) is 0.431. The SMILES string of the molecule is COc1ccc2nc(Sc3ccc(C4C5=C(CCCC5=O)Nc5[nH]ncc54)o3)[nH]c2c1. The summed E-state index contributed by atoms with van der Waals surface area (Å²) in [6.07, 6.45) is 4.04. The van der Waals surface area contributed by atoms with Gasteiger partial charge in [-0.15, -0.1) is 0 Å². The second-order valence-corrected chi connectivity index (χ2v) is 8.60. The molecule has 0 saturated carbocycles. The Morgan fingerprint density at radius 1 is 1.23 bits per heavy atom. The Morgan fingerprint density at radius 2 is 2.16 bits per heavy atom. The molecule has 1 unspecified atom stereocenters. The number of aromatic amines is 2. The number of rotatable bonds is 4. The van der Waals surface area contributed by atoms with E-state index in [1.807, 2.05) is 30.3 Å². The first-order chi connectivity index (χ1) is 15.2. The van der Waals surface area contributed by atoms with E-state index in [0.29, 0.717) is 11.5 Å². The fourth-order valence-electron chi connectivity index (χ4n) is 4.33. The number of methoxy groups -OCH3 is 1. The zero-order valence-electron chi connectivity index (χ0n) is 16.7. The summed E-state index contributed by atoms with van der Waals surface area (Å²) in [7, 11) is 1.64. The minimum Gasteiger partial charge on any atom is -0.497 e. The maximum Gasteiger partial charge on any atom is 0.174 e. The Balaban J connectivity index is 1.34. The first-order valence-electron chi connectivity index (χ1n) is 10.1. The van der Waals surface area contributed by atoms with Gasteiger partial charge in [-0.3, -0.25) is 9.89 Å². The van der Waals surface area contributed by atoms with Crippen LogP contribution in [0.5, 0.6) is 5.75 Å². The molecule has 0 radical (unpaired) electrons. The predicted molar refractivity (Wildman–Crippen MR) is 115 cm³/mol. The van der Waals surface area contributed by atoms with E-state index >= 15 is 0 Å². The Labute approximate surface area is 181 Å². The number of nitrogens with one attached hydrogen (secondary N) is 3. The van der Waals surface area contributed by atoms with E-state index in [4.69, 9.17) is 9.15 Å². The lowest BCUT2D eigenvalue weighted by molar-refractivity contribution is -0.116. The van der Waals surface area contributed by atoms with Gasteiger partial charge in [0, 0.05) is 29.3 Å². The summed E-state index contributed by atoms with van der Waals surface area (Å²) in [5.41, 5.74) is 4.45. The number of allylic oxidation sites excluding steroid dienone is 2. The van der Waals surface area contributed by atoms with E-state index in [1.54, 1.807) is 13.3 Å². The van der Waals surface area contributed by atoms with Crippen LogP contribution < -0.4 is 10.1 Å². The Hall–Kier alpha value is -3.46. The topological polar surface area (TPSA) is 109 Å². The molecule has 4 aromatic rings. The molecule has 0 fully saturated rings. The average Bonchev–Trinajstić information content (AvgIpc) is 3.51. The summed E-state index contributed by atoms with van der Waals surface area (Å²) in [4.78, 5) is 20.7. The third kappa shape index (κ3) is 3.04. The van der Waals surface area contributed by atoms with Crippen molar-refractivity contribution in [3.63, 3.8) is 0 Å². The van der Waals surface area contributed by atoms with E-state index in [-0.39, 0.29) is 11.7 Å². The van der Waals surface area contributed by atoms with Crippen molar-refractivity contribution in [3.05, 3.63) is 59.1 Å². The summed E-state index contributed by atoms with van der Waals surface area (Å²) in [5.74, 6) is 2.24. The van der Waals surface area contributed by atoms with Gasteiger partial charge in [0.1, 0.15) is 17.3 Å². The first-order valence-corrected chi connectivity index (χ1v) is 10.9. The molecule has 0 amide bonds. The van der Waals surface area contributed by atoms with Gasteiger partial charge in [0.05, 0.1) is 30.3 Å². The molecule has 1 aliphatic heterocycles. The van der Waals surface area contributed by atoms with Crippen LogP contribution in [0.2, 0.25) is 0 Å². The zero-order chi connectivity index (χ0) is 20.9. The molecule has 8 nitrogen and oxygen atoms in total. The molecule has 9 heteroatoms. The van der Waals surface area contributed by atoms with Crippen LogP contribution in [0.25, 0.3) is 11.0 Å². The number of carbonyl (C=O) groups is 1. The number of H-pyrrole nitrogens is 2. The van der Waals surface area contributed by atoms with Gasteiger partial charge in [0.25, 0.3) is 0 Å². The molecule has 156 valence electrons. The minimum absolute atomic E-state index is 0.169. The maximum atomic E-state index is 12.8. The normalized spacial score (nSPS) is 18.1. The molecule has 31 heavy (non-hydrogen) atoms. The van der Waals surface area contributed by atoms with Crippen LogP contribution >= 0.6 is 11.8 Å². The highest BCUT2D eigenvalue weighted by Gasteiger charge is 2.37. The van der Waals surface area contributed by atoms with Gasteiger partial charge in [-0.2, -0.15) is 5.10 Å². The monoisotopic (exact) mass is 433 g/mol. The summed E-state index contributed by atoms with van der Waals surface area (Å²) in [6.45, 7) is 0. The van der Waals surface area contributed by atoms with E-state index < -0.39 is 0 Å². The molecule has 3 N–H and O–H groups in total. The highest BCUT2D eigenvalue weighted by atomic mass is 32.2. The number of anilines is 1. The number of fused-ring (bicyclic) bond motifs is 2. The number of benzene rings is 1. The number of hydrogen-bond donors (Lipinski definition) is 3. The molecule has 4 heterocycles. The summed E-state index contributed by atoms with van der Waals surface area (Å²) >= 11 is 1.41. The molecule has 1 aliphatic carbocycles. The Bertz CT molecular complexity index is 1350. The van der Waals surface area contributed by atoms with Gasteiger partial charge in [-0.25, -0.2) is 4.98 Å². The van der Waals surface area contributed by atoms with Crippen LogP contribution in [0.3, 0.4) is 0 Å². The van der Waals surface area contributed by atoms with Gasteiger partial charge >= 0.3 is 0 Å². The van der Waals surface area contributed by atoms with Gasteiger partial charge in [-0.1, -0.05) is 0 Å². The number of furan rings is 1. The van der Waals surface area contributed by atoms with Crippen LogP contribution in [-0.2, 0) is 4.79 Å². The number of aromatic nitrogens is 4. The third-order valence-electron chi connectivity index (χ3n) is 5.75. The summed E-state index contributed by atoms with van der Waals surface area (Å²) in [5, 5.41) is 12.0. The van der Waals surface area contributed by atoms with E-state index in [0.717, 1.165) is 63.2 Å². The van der Waals surface area contributed by atoms with Crippen molar-refractivity contribution in [2.45, 2.75) is 35.4 Å². The molecule has 0 saturated heterocycles. The number of Topliss-reactive ketones (excluding diaryl/α,β-unsaturated/α-hetero) is 1. The predicted octanol–water partition coefficient (Wildman–Crippen LogP) is 4.60. The van der Waals surface area contributed by atoms with Crippen molar-refractivity contribution in [2.24, 2.45) is 0 Å². The summed E-state index contributed by atoms with van der Waals surface area (Å²) in [6, 6.07) is 9.57. The van der Waals surface area contributed by atoms with E-state index in [1.165, 1.54) is 11.8 Å². The number of carbonyl (C=O) groups excluding carboxylic acids is 1. The Kier molecular flexibility index (Phi) is 4.17. The van der Waals surface area contributed by atoms with Crippen molar-refractivity contribution >= 4 is 34.4 Å². The number of hydrogen-bond acceptors (Lipinski definition) is 7. The fourth-order valence-corrected chi connectivity index (χ4v) is 5.09. The summed E-state index contributed by atoms with van der Waals surface area (Å²) < 4.78 is 11.5. The van der Waals surface area contributed by atoms with Crippen LogP contribution in [0, 0.1) is 0 Å². The molecule has 3 aromatic heterocycles. The molecule has 2 aliphatic rings. The lowest BCUT2D eigenvalue weighted by atomic mass is 9.79. The van der Waals surface area contributed by atoms with Crippen molar-refractivity contribution < 1.29 is 13.9 Å². The molecule has 0 spiro atoms. The van der Waals surface area contributed by atoms with Gasteiger partial charge in [0.15, 0.2) is 16.0 Å². The number of nitrogens with zero attached hydrogens (tertiary/aromatic N) is 2. The molecular formula is C22H19N5O3S. The van der Waals surface area contributed by atoms with Crippen molar-refractivity contribution in [3.8, 4) is 5.75 Å². The molecule has 1 aromatic carbocycles. The van der Waals surface area contributed by atoms with Gasteiger partial charge < -0.3 is 19.5 Å². The highest BCUT2D eigenvalue weighted by molar-refractivity contribution is 7.99. The number of ketones is 1. The highest BCUT2D eigenvalue weighted by Crippen LogP contribution is 2.45. The van der Waals surface area contributed by atoms with Crippen molar-refractivity contribution in [1.29, 1.82) is 0 Å². The standard InChI is InChI=1S/C22H19N5O3S/c1-29-11-5-6-13-15(9-11)26-22(25-13)31-18-8-7-17(30-18)19-12-10-23-27-21(12)24-14-3-2-4-16(28)20(14)19/h5-10,19H,2-4H2,1H3,(H,25,26)(H2,23,24,27). The van der Waals surface area contributed by atoms with Crippen molar-refractivity contribution in [2.75, 3.05) is 12.4 Å². The second kappa shape index (κ2) is 7.05. The Morgan fingerprint density at radius 3 is 3.06 bits per heavy atom. The fraction of sp³-hybridized carbons (Fsp3) is 0.227. The van der Waals surface area contributed by atoms with Gasteiger partial charge in [-0.05, 0) is 48.9 Å². The van der Waals surface area contributed by atoms with Crippen LogP contribution in [0.4, 0.5) is 5.82 Å². The van der Waals surface area contributed by atoms with Crippen LogP contribution in [0.1, 0.15) is 36.5 Å². The zero-order valence-corrected chi connectivity index (χ0v) is 17.5. The number of imidazole rings is 1. The third-order valence-corrected chi connectivity index (χ3v) is 6.56. The van der Waals surface area contributed by atoms with Gasteiger partial charge in [0.2, 0.25) is 0 Å². The van der Waals surface area contributed by atoms with Crippen LogP contribution in [-0.4, -0.2) is 33.1 Å². The first kappa shape index (κ1) is 18.3. The van der Waals surface area contributed by atoms with Crippen molar-refractivity contribution in [1.82, 2.24) is 20.2 Å². The largest absolute Gasteiger partial charge is 0.497 e. The van der Waals surface area contributed by atoms with E-state index in [9.17, 15) is 4.79 Å². The van der Waals surface area contributed by atoms with Crippen LogP contribution in [0.15, 0.2) is 62.5 Å². The molecule has 1 atom stereocenters. The minimum atomic E-state index is -0.257. The number of ether oxygens (including phenoxy) is 1. The average molecular weight is 433 g/mol. The smallest absolute Gasteiger partial charge is 0.174 e. The molecular weight excluding hydrogens is 414 g/mol. The lowest BCUT2D eigenvalue weighted by Gasteiger charge is -2.30. The lowest BCUT2D eigenvalue weighted by Crippen LogP contribution is -2.26. The molecule has 6 rings (SSSR count). The maximum absolute atomic E-state index is 12.8. The molecule has 0 bridgehead atoms.